The third-order valence-corrected chi connectivity index (χ3v) is 6.07. The first kappa shape index (κ1) is 30.1. The number of carbonyl (C=O) groups excluding carboxylic acids is 2. The Morgan fingerprint density at radius 1 is 0.605 bits per heavy atom. The summed E-state index contributed by atoms with van der Waals surface area (Å²) in [5, 5.41) is 5.69. The molecule has 0 bridgehead atoms. The second-order valence-electron chi connectivity index (χ2n) is 9.27. The quantitative estimate of drug-likeness (QED) is 0.140. The van der Waals surface area contributed by atoms with Crippen LogP contribution in [0.25, 0.3) is 5.57 Å². The number of para-hydroxylation sites is 4. The molecule has 0 saturated heterocycles. The molecule has 2 N–H and O–H groups in total. The van der Waals surface area contributed by atoms with Crippen molar-refractivity contribution in [2.24, 2.45) is 0 Å². The van der Waals surface area contributed by atoms with Crippen LogP contribution in [0.2, 0.25) is 0 Å². The Hall–Kier alpha value is -5.88. The molecule has 0 aliphatic rings. The third-order valence-electron chi connectivity index (χ3n) is 6.07. The number of hydrogen-bond donors (Lipinski definition) is 2. The molecule has 43 heavy (non-hydrogen) atoms. The van der Waals surface area contributed by atoms with Crippen molar-refractivity contribution in [2.45, 2.75) is 0 Å². The lowest BCUT2D eigenvalue weighted by Gasteiger charge is -2.13. The van der Waals surface area contributed by atoms with Crippen LogP contribution in [0.3, 0.4) is 0 Å². The molecule has 5 aromatic rings. The van der Waals surface area contributed by atoms with E-state index in [-0.39, 0.29) is 11.8 Å². The predicted molar refractivity (Wildman–Crippen MR) is 176 cm³/mol. The van der Waals surface area contributed by atoms with Crippen LogP contribution < -0.4 is 20.3 Å². The van der Waals surface area contributed by atoms with Crippen molar-refractivity contribution in [3.8, 4) is 5.75 Å². The van der Waals surface area contributed by atoms with Crippen LogP contribution in [0.15, 0.2) is 170 Å². The molecule has 0 atom stereocenters. The standard InChI is InChI=1S/C21H17NO2.C16H16N2O/c23-21(22-18-12-6-2-7-13-18)20(17-10-4-1-5-11-17)16-24-19-14-8-3-9-15-19;1-18(15-10-6-3-7-11-15)13-12-16(19)17-14-8-4-2-5-9-14/h1-16H,(H,22,23);2-13H,1H3,(H,17,19). The van der Waals surface area contributed by atoms with Gasteiger partial charge in [-0.1, -0.05) is 103 Å². The molecule has 0 saturated carbocycles. The fraction of sp³-hybridized carbons (Fsp3) is 0.0270. The molecule has 5 rings (SSSR count). The summed E-state index contributed by atoms with van der Waals surface area (Å²) in [5.74, 6) is 0.316. The number of carbonyl (C=O) groups is 2. The lowest BCUT2D eigenvalue weighted by molar-refractivity contribution is -0.112. The van der Waals surface area contributed by atoms with Crippen LogP contribution in [0.4, 0.5) is 17.1 Å². The van der Waals surface area contributed by atoms with E-state index in [4.69, 9.17) is 4.74 Å². The minimum absolute atomic E-state index is 0.144. The maximum Gasteiger partial charge on any atom is 0.259 e. The van der Waals surface area contributed by atoms with Gasteiger partial charge in [-0.05, 0) is 54.1 Å². The van der Waals surface area contributed by atoms with Gasteiger partial charge in [-0.3, -0.25) is 9.59 Å². The van der Waals surface area contributed by atoms with Gasteiger partial charge in [0.15, 0.2) is 0 Å². The molecule has 0 aliphatic heterocycles. The van der Waals surface area contributed by atoms with Crippen LogP contribution in [-0.4, -0.2) is 18.9 Å². The number of hydrogen-bond acceptors (Lipinski definition) is 4. The lowest BCUT2D eigenvalue weighted by atomic mass is 10.1. The zero-order chi connectivity index (χ0) is 30.1. The Balaban J connectivity index is 0.000000203. The average molecular weight is 568 g/mol. The van der Waals surface area contributed by atoms with E-state index in [0.29, 0.717) is 11.3 Å². The Kier molecular flexibility index (Phi) is 11.5. The second-order valence-corrected chi connectivity index (χ2v) is 9.27. The van der Waals surface area contributed by atoms with Gasteiger partial charge < -0.3 is 20.3 Å². The summed E-state index contributed by atoms with van der Waals surface area (Å²) >= 11 is 0. The van der Waals surface area contributed by atoms with E-state index < -0.39 is 0 Å². The molecule has 0 radical (unpaired) electrons. The van der Waals surface area contributed by atoms with Crippen LogP contribution in [0, 0.1) is 0 Å². The van der Waals surface area contributed by atoms with Gasteiger partial charge in [0, 0.05) is 36.4 Å². The van der Waals surface area contributed by atoms with Crippen molar-refractivity contribution in [1.29, 1.82) is 0 Å². The van der Waals surface area contributed by atoms with Gasteiger partial charge in [-0.25, -0.2) is 0 Å². The number of amides is 2. The number of ether oxygens (including phenoxy) is 1. The minimum atomic E-state index is -0.219. The third kappa shape index (κ3) is 10.2. The molecule has 6 heteroatoms. The molecule has 0 fully saturated rings. The fourth-order valence-corrected chi connectivity index (χ4v) is 3.85. The van der Waals surface area contributed by atoms with Gasteiger partial charge in [0.25, 0.3) is 5.91 Å². The van der Waals surface area contributed by atoms with Crippen molar-refractivity contribution in [3.63, 3.8) is 0 Å². The Labute approximate surface area is 252 Å². The highest BCUT2D eigenvalue weighted by Gasteiger charge is 2.13. The fourth-order valence-electron chi connectivity index (χ4n) is 3.85. The molecule has 0 aliphatic carbocycles. The molecule has 0 spiro atoms. The Morgan fingerprint density at radius 3 is 1.63 bits per heavy atom. The van der Waals surface area contributed by atoms with Gasteiger partial charge >= 0.3 is 0 Å². The first-order valence-corrected chi connectivity index (χ1v) is 13.7. The monoisotopic (exact) mass is 567 g/mol. The van der Waals surface area contributed by atoms with E-state index in [1.165, 1.54) is 12.3 Å². The lowest BCUT2D eigenvalue weighted by Crippen LogP contribution is -2.14. The largest absolute Gasteiger partial charge is 0.464 e. The van der Waals surface area contributed by atoms with E-state index in [2.05, 4.69) is 10.6 Å². The maximum atomic E-state index is 12.7. The molecule has 6 nitrogen and oxygen atoms in total. The summed E-state index contributed by atoms with van der Waals surface area (Å²) in [6.45, 7) is 0. The molecular formula is C37H33N3O3. The zero-order valence-electron chi connectivity index (χ0n) is 23.8. The summed E-state index contributed by atoms with van der Waals surface area (Å²) in [7, 11) is 1.90. The number of anilines is 3. The van der Waals surface area contributed by atoms with Crippen molar-refractivity contribution in [2.75, 3.05) is 22.6 Å². The average Bonchev–Trinajstić information content (AvgIpc) is 3.06. The van der Waals surface area contributed by atoms with E-state index >= 15 is 0 Å². The summed E-state index contributed by atoms with van der Waals surface area (Å²) in [6.07, 6.45) is 4.75. The van der Waals surface area contributed by atoms with Gasteiger partial charge in [-0.15, -0.1) is 0 Å². The number of nitrogens with zero attached hydrogens (tertiary/aromatic N) is 1. The van der Waals surface area contributed by atoms with Gasteiger partial charge in [-0.2, -0.15) is 0 Å². The number of nitrogens with one attached hydrogen (secondary N) is 2. The normalized spacial score (nSPS) is 10.7. The van der Waals surface area contributed by atoms with Crippen LogP contribution in [0.1, 0.15) is 5.56 Å². The van der Waals surface area contributed by atoms with E-state index in [0.717, 1.165) is 22.6 Å². The first-order valence-electron chi connectivity index (χ1n) is 13.7. The van der Waals surface area contributed by atoms with Crippen molar-refractivity contribution in [1.82, 2.24) is 0 Å². The maximum absolute atomic E-state index is 12.7. The molecule has 2 amide bonds. The highest BCUT2D eigenvalue weighted by Crippen LogP contribution is 2.19. The van der Waals surface area contributed by atoms with Gasteiger partial charge in [0.2, 0.25) is 5.91 Å². The van der Waals surface area contributed by atoms with E-state index in [1.807, 2.05) is 164 Å². The van der Waals surface area contributed by atoms with Crippen molar-refractivity contribution < 1.29 is 14.3 Å². The summed E-state index contributed by atoms with van der Waals surface area (Å²) in [5.41, 5.74) is 3.82. The molecule has 0 heterocycles. The SMILES string of the molecule is CN(C=CC(=O)Nc1ccccc1)c1ccccc1.O=C(Nc1ccccc1)C(=COc1ccccc1)c1ccccc1. The summed E-state index contributed by atoms with van der Waals surface area (Å²) < 4.78 is 5.66. The molecule has 214 valence electrons. The zero-order valence-corrected chi connectivity index (χ0v) is 23.8. The smallest absolute Gasteiger partial charge is 0.259 e. The van der Waals surface area contributed by atoms with Crippen molar-refractivity contribution in [3.05, 3.63) is 176 Å². The van der Waals surface area contributed by atoms with Gasteiger partial charge in [0.1, 0.15) is 12.0 Å². The van der Waals surface area contributed by atoms with Crippen LogP contribution >= 0.6 is 0 Å². The van der Waals surface area contributed by atoms with Crippen molar-refractivity contribution >= 4 is 34.4 Å². The predicted octanol–water partition coefficient (Wildman–Crippen LogP) is 8.02. The topological polar surface area (TPSA) is 70.7 Å². The van der Waals surface area contributed by atoms with Gasteiger partial charge in [0.05, 0.1) is 5.57 Å². The highest BCUT2D eigenvalue weighted by atomic mass is 16.5. The number of benzene rings is 5. The molecule has 0 aromatic heterocycles. The van der Waals surface area contributed by atoms with Crippen LogP contribution in [-0.2, 0) is 9.59 Å². The second kappa shape index (κ2) is 16.4. The van der Waals surface area contributed by atoms with E-state index in [9.17, 15) is 9.59 Å². The Bertz CT molecular complexity index is 1610. The summed E-state index contributed by atoms with van der Waals surface area (Å²) in [6, 6.07) is 47.4. The van der Waals surface area contributed by atoms with Crippen LogP contribution in [0.5, 0.6) is 5.75 Å². The minimum Gasteiger partial charge on any atom is -0.464 e. The Morgan fingerprint density at radius 2 is 1.07 bits per heavy atom. The summed E-state index contributed by atoms with van der Waals surface area (Å²) in [4.78, 5) is 26.3. The molecular weight excluding hydrogens is 534 g/mol. The first-order chi connectivity index (χ1) is 21.1. The number of rotatable bonds is 9. The molecule has 5 aromatic carbocycles. The molecule has 0 unspecified atom stereocenters. The van der Waals surface area contributed by atoms with E-state index in [1.54, 1.807) is 6.20 Å². The highest BCUT2D eigenvalue weighted by molar-refractivity contribution is 6.25.